The van der Waals surface area contributed by atoms with Crippen LogP contribution in [0.15, 0.2) is 52.1 Å². The molecule has 2 heterocycles. The molecule has 0 aliphatic carbocycles. The molecule has 1 fully saturated rings. The van der Waals surface area contributed by atoms with Crippen LogP contribution in [0, 0.1) is 0 Å². The minimum Gasteiger partial charge on any atom is -0.497 e. The lowest BCUT2D eigenvalue weighted by atomic mass is 10.1. The summed E-state index contributed by atoms with van der Waals surface area (Å²) in [4.78, 5) is 18.5. The van der Waals surface area contributed by atoms with Crippen LogP contribution >= 0.6 is 0 Å². The molecule has 8 heteroatoms. The largest absolute Gasteiger partial charge is 0.497 e. The lowest BCUT2D eigenvalue weighted by molar-refractivity contribution is 0.0963. The molecule has 3 rings (SSSR count). The number of likely N-dealkylation sites (tertiary alicyclic amines) is 1. The molecule has 1 saturated heterocycles. The molecule has 0 unspecified atom stereocenters. The Kier molecular flexibility index (Phi) is 8.63. The number of benzene rings is 1. The number of rotatable bonds is 8. The molecule has 0 spiro atoms. The first-order valence-corrected chi connectivity index (χ1v) is 10.8. The van der Waals surface area contributed by atoms with Crippen molar-refractivity contribution in [2.75, 3.05) is 33.4 Å². The van der Waals surface area contributed by atoms with Crippen molar-refractivity contribution in [3.05, 3.63) is 54.0 Å². The van der Waals surface area contributed by atoms with Crippen molar-refractivity contribution in [2.24, 2.45) is 4.99 Å². The van der Waals surface area contributed by atoms with E-state index < -0.39 is 0 Å². The van der Waals surface area contributed by atoms with Crippen molar-refractivity contribution in [3.63, 3.8) is 0 Å². The van der Waals surface area contributed by atoms with Gasteiger partial charge in [0.15, 0.2) is 5.96 Å². The zero-order valence-corrected chi connectivity index (χ0v) is 18.3. The molecular weight excluding hydrogens is 396 g/mol. The molecular formula is C23H32N4O4. The number of hydrogen-bond donors (Lipinski definition) is 2. The summed E-state index contributed by atoms with van der Waals surface area (Å²) in [6.07, 6.45) is 3.91. The van der Waals surface area contributed by atoms with Gasteiger partial charge in [-0.1, -0.05) is 12.1 Å². The van der Waals surface area contributed by atoms with Crippen molar-refractivity contribution in [2.45, 2.75) is 38.8 Å². The Morgan fingerprint density at radius 1 is 1.26 bits per heavy atom. The van der Waals surface area contributed by atoms with Gasteiger partial charge in [-0.05, 0) is 49.6 Å². The zero-order valence-electron chi connectivity index (χ0n) is 18.3. The minimum atomic E-state index is -0.232. The average Bonchev–Trinajstić information content (AvgIpc) is 3.31. The van der Waals surface area contributed by atoms with Crippen LogP contribution in [0.25, 0.3) is 0 Å². The lowest BCUT2D eigenvalue weighted by Gasteiger charge is -2.32. The summed E-state index contributed by atoms with van der Waals surface area (Å²) < 4.78 is 15.8. The Hall–Kier alpha value is -3.16. The maximum Gasteiger partial charge on any atom is 0.409 e. The number of hydrogen-bond acceptors (Lipinski definition) is 5. The highest BCUT2D eigenvalue weighted by molar-refractivity contribution is 5.80. The first-order valence-electron chi connectivity index (χ1n) is 10.8. The molecule has 0 bridgehead atoms. The molecule has 1 aromatic carbocycles. The van der Waals surface area contributed by atoms with E-state index in [2.05, 4.69) is 10.6 Å². The highest BCUT2D eigenvalue weighted by Crippen LogP contribution is 2.14. The summed E-state index contributed by atoms with van der Waals surface area (Å²) in [7, 11) is 1.66. The SMILES string of the molecule is CCOC(=O)N1CCC(NC(=NCc2cccc(OC)c2)NCCc2ccco2)CC1. The number of aliphatic imine (C=N–C) groups is 1. The van der Waals surface area contributed by atoms with Gasteiger partial charge >= 0.3 is 6.09 Å². The summed E-state index contributed by atoms with van der Waals surface area (Å²) in [5, 5.41) is 6.93. The minimum absolute atomic E-state index is 0.232. The highest BCUT2D eigenvalue weighted by atomic mass is 16.6. The number of furan rings is 1. The third-order valence-corrected chi connectivity index (χ3v) is 5.16. The summed E-state index contributed by atoms with van der Waals surface area (Å²) in [6.45, 7) is 4.82. The van der Waals surface area contributed by atoms with Gasteiger partial charge in [0.2, 0.25) is 0 Å². The number of methoxy groups -OCH3 is 1. The quantitative estimate of drug-likeness (QED) is 0.496. The van der Waals surface area contributed by atoms with Crippen molar-refractivity contribution in [1.29, 1.82) is 0 Å². The summed E-state index contributed by atoms with van der Waals surface area (Å²) in [6, 6.07) is 12.0. The van der Waals surface area contributed by atoms with E-state index in [-0.39, 0.29) is 12.1 Å². The maximum atomic E-state index is 11.9. The van der Waals surface area contributed by atoms with E-state index in [4.69, 9.17) is 18.9 Å². The summed E-state index contributed by atoms with van der Waals surface area (Å²) in [5.41, 5.74) is 1.07. The fraction of sp³-hybridized carbons (Fsp3) is 0.478. The molecule has 0 saturated carbocycles. The Bertz CT molecular complexity index is 830. The van der Waals surface area contributed by atoms with Gasteiger partial charge in [-0.2, -0.15) is 0 Å². The van der Waals surface area contributed by atoms with Gasteiger partial charge in [-0.15, -0.1) is 0 Å². The monoisotopic (exact) mass is 428 g/mol. The third-order valence-electron chi connectivity index (χ3n) is 5.16. The van der Waals surface area contributed by atoms with Gasteiger partial charge in [0.05, 0.1) is 26.5 Å². The highest BCUT2D eigenvalue weighted by Gasteiger charge is 2.24. The number of nitrogens with one attached hydrogen (secondary N) is 2. The lowest BCUT2D eigenvalue weighted by Crippen LogP contribution is -2.50. The van der Waals surface area contributed by atoms with E-state index in [1.807, 2.05) is 43.3 Å². The van der Waals surface area contributed by atoms with Crippen LogP contribution in [0.2, 0.25) is 0 Å². The molecule has 8 nitrogen and oxygen atoms in total. The van der Waals surface area contributed by atoms with Crippen LogP contribution in [0.4, 0.5) is 4.79 Å². The predicted octanol–water partition coefficient (Wildman–Crippen LogP) is 3.19. The van der Waals surface area contributed by atoms with Crippen LogP contribution in [-0.4, -0.2) is 56.3 Å². The van der Waals surface area contributed by atoms with Gasteiger partial charge in [0.1, 0.15) is 11.5 Å². The Morgan fingerprint density at radius 3 is 2.81 bits per heavy atom. The topological polar surface area (TPSA) is 88.3 Å². The second kappa shape index (κ2) is 11.9. The van der Waals surface area contributed by atoms with E-state index in [0.29, 0.717) is 32.8 Å². The number of ether oxygens (including phenoxy) is 2. The Morgan fingerprint density at radius 2 is 2.10 bits per heavy atom. The molecule has 168 valence electrons. The van der Waals surface area contributed by atoms with E-state index >= 15 is 0 Å². The van der Waals surface area contributed by atoms with E-state index in [1.54, 1.807) is 18.3 Å². The number of piperidine rings is 1. The molecule has 0 radical (unpaired) electrons. The normalized spacial score (nSPS) is 14.9. The predicted molar refractivity (Wildman–Crippen MR) is 119 cm³/mol. The standard InChI is InChI=1S/C23H32N4O4/c1-3-30-23(28)27-13-10-19(11-14-27)26-22(24-12-9-20-8-5-15-31-20)25-17-18-6-4-7-21(16-18)29-2/h4-8,15-16,19H,3,9-14,17H2,1-2H3,(H2,24,25,26). The molecule has 31 heavy (non-hydrogen) atoms. The van der Waals surface area contributed by atoms with Crippen LogP contribution in [0.1, 0.15) is 31.1 Å². The van der Waals surface area contributed by atoms with Gasteiger partial charge in [-0.25, -0.2) is 9.79 Å². The first-order chi connectivity index (χ1) is 15.2. The number of carbonyl (C=O) groups is 1. The zero-order chi connectivity index (χ0) is 21.9. The summed E-state index contributed by atoms with van der Waals surface area (Å²) in [5.74, 6) is 2.51. The number of amides is 1. The molecule has 1 amide bonds. The van der Waals surface area contributed by atoms with Crippen molar-refractivity contribution in [3.8, 4) is 5.75 Å². The molecule has 0 atom stereocenters. The Balaban J connectivity index is 1.57. The van der Waals surface area contributed by atoms with Crippen LogP contribution in [0.3, 0.4) is 0 Å². The number of guanidine groups is 1. The van der Waals surface area contributed by atoms with Crippen molar-refractivity contribution in [1.82, 2.24) is 15.5 Å². The molecule has 1 aliphatic rings. The Labute approximate surface area is 183 Å². The third kappa shape index (κ3) is 7.24. The van der Waals surface area contributed by atoms with Crippen molar-refractivity contribution >= 4 is 12.1 Å². The van der Waals surface area contributed by atoms with Gasteiger partial charge in [0.25, 0.3) is 0 Å². The fourth-order valence-electron chi connectivity index (χ4n) is 3.47. The number of nitrogens with zero attached hydrogens (tertiary/aromatic N) is 2. The smallest absolute Gasteiger partial charge is 0.409 e. The maximum absolute atomic E-state index is 11.9. The number of carbonyl (C=O) groups excluding carboxylic acids is 1. The van der Waals surface area contributed by atoms with Crippen LogP contribution < -0.4 is 15.4 Å². The molecule has 2 N–H and O–H groups in total. The fourth-order valence-corrected chi connectivity index (χ4v) is 3.47. The second-order valence-corrected chi connectivity index (χ2v) is 7.38. The van der Waals surface area contributed by atoms with E-state index in [9.17, 15) is 4.79 Å². The molecule has 1 aliphatic heterocycles. The van der Waals surface area contributed by atoms with E-state index in [0.717, 1.165) is 42.3 Å². The van der Waals surface area contributed by atoms with Crippen LogP contribution in [-0.2, 0) is 17.7 Å². The van der Waals surface area contributed by atoms with Gasteiger partial charge in [-0.3, -0.25) is 0 Å². The van der Waals surface area contributed by atoms with Gasteiger partial charge in [0, 0.05) is 32.1 Å². The first kappa shape index (κ1) is 22.5. The van der Waals surface area contributed by atoms with E-state index in [1.165, 1.54) is 0 Å². The van der Waals surface area contributed by atoms with Gasteiger partial charge < -0.3 is 29.4 Å². The average molecular weight is 429 g/mol. The second-order valence-electron chi connectivity index (χ2n) is 7.38. The van der Waals surface area contributed by atoms with Crippen LogP contribution in [0.5, 0.6) is 5.75 Å². The molecule has 1 aromatic heterocycles. The summed E-state index contributed by atoms with van der Waals surface area (Å²) >= 11 is 0. The molecule has 2 aromatic rings. The van der Waals surface area contributed by atoms with Crippen molar-refractivity contribution < 1.29 is 18.7 Å².